The van der Waals surface area contributed by atoms with Gasteiger partial charge < -0.3 is 9.84 Å². The van der Waals surface area contributed by atoms with Gasteiger partial charge >= 0.3 is 5.97 Å². The molecule has 0 saturated carbocycles. The summed E-state index contributed by atoms with van der Waals surface area (Å²) in [4.78, 5) is 44.0. The Morgan fingerprint density at radius 1 is 0.971 bits per heavy atom. The van der Waals surface area contributed by atoms with Gasteiger partial charge in [-0.25, -0.2) is 4.79 Å². The lowest BCUT2D eigenvalue weighted by atomic mass is 9.85. The van der Waals surface area contributed by atoms with Gasteiger partial charge in [-0.1, -0.05) is 51.1 Å². The second-order valence-corrected chi connectivity index (χ2v) is 9.32. The molecule has 35 heavy (non-hydrogen) atoms. The number of aromatic nitrogens is 1. The fraction of sp³-hybridized carbons (Fsp3) is 0.214. The van der Waals surface area contributed by atoms with Crippen molar-refractivity contribution in [3.63, 3.8) is 0 Å². The Bertz CT molecular complexity index is 1320. The van der Waals surface area contributed by atoms with Crippen molar-refractivity contribution in [2.75, 3.05) is 12.0 Å². The summed E-state index contributed by atoms with van der Waals surface area (Å²) in [5.41, 5.74) is 2.56. The van der Waals surface area contributed by atoms with E-state index in [4.69, 9.17) is 4.74 Å². The number of ether oxygens (including phenoxy) is 1. The third-order valence-electron chi connectivity index (χ3n) is 6.04. The van der Waals surface area contributed by atoms with E-state index in [0.29, 0.717) is 16.8 Å². The van der Waals surface area contributed by atoms with Crippen molar-refractivity contribution in [3.05, 3.63) is 101 Å². The lowest BCUT2D eigenvalue weighted by Crippen LogP contribution is -2.29. The minimum Gasteiger partial charge on any atom is -0.507 e. The SMILES string of the molecule is COC(=O)c1cccc(N2C(=O)C(=O)/C(=C(/O)c3ccncc3)C2c2ccc(C(C)(C)C)cc2)c1. The van der Waals surface area contributed by atoms with E-state index in [9.17, 15) is 19.5 Å². The Balaban J connectivity index is 1.93. The second-order valence-electron chi connectivity index (χ2n) is 9.32. The number of hydrogen-bond acceptors (Lipinski definition) is 6. The van der Waals surface area contributed by atoms with Crippen LogP contribution in [0, 0.1) is 0 Å². The van der Waals surface area contributed by atoms with Gasteiger partial charge in [0.15, 0.2) is 0 Å². The summed E-state index contributed by atoms with van der Waals surface area (Å²) in [7, 11) is 1.27. The van der Waals surface area contributed by atoms with E-state index in [1.807, 2.05) is 24.3 Å². The number of esters is 1. The number of carbonyl (C=O) groups excluding carboxylic acids is 3. The molecule has 178 valence electrons. The highest BCUT2D eigenvalue weighted by molar-refractivity contribution is 6.51. The zero-order valence-corrected chi connectivity index (χ0v) is 20.0. The molecule has 1 aliphatic rings. The Labute approximate surface area is 203 Å². The molecule has 7 nitrogen and oxygen atoms in total. The van der Waals surface area contributed by atoms with Crippen molar-refractivity contribution in [1.29, 1.82) is 0 Å². The monoisotopic (exact) mass is 470 g/mol. The topological polar surface area (TPSA) is 96.8 Å². The number of Topliss-reactive ketones (excluding diaryl/α,β-unsaturated/α-hetero) is 1. The minimum absolute atomic E-state index is 0.0341. The van der Waals surface area contributed by atoms with Crippen LogP contribution in [0.2, 0.25) is 0 Å². The van der Waals surface area contributed by atoms with Crippen LogP contribution >= 0.6 is 0 Å². The third kappa shape index (κ3) is 4.45. The predicted molar refractivity (Wildman–Crippen MR) is 132 cm³/mol. The average molecular weight is 471 g/mol. The predicted octanol–water partition coefficient (Wildman–Crippen LogP) is 4.79. The lowest BCUT2D eigenvalue weighted by molar-refractivity contribution is -0.132. The van der Waals surface area contributed by atoms with Crippen molar-refractivity contribution < 1.29 is 24.2 Å². The molecule has 1 unspecified atom stereocenters. The van der Waals surface area contributed by atoms with Crippen LogP contribution < -0.4 is 4.90 Å². The molecule has 2 aromatic carbocycles. The van der Waals surface area contributed by atoms with Crippen LogP contribution in [-0.4, -0.2) is 34.9 Å². The molecule has 1 N–H and O–H groups in total. The van der Waals surface area contributed by atoms with Gasteiger partial charge in [-0.2, -0.15) is 0 Å². The maximum Gasteiger partial charge on any atom is 0.337 e. The Morgan fingerprint density at radius 3 is 2.23 bits per heavy atom. The molecule has 1 aliphatic heterocycles. The number of aliphatic hydroxyl groups excluding tert-OH is 1. The fourth-order valence-corrected chi connectivity index (χ4v) is 4.15. The maximum absolute atomic E-state index is 13.3. The first-order valence-electron chi connectivity index (χ1n) is 11.1. The number of amides is 1. The van der Waals surface area contributed by atoms with Gasteiger partial charge in [0.1, 0.15) is 5.76 Å². The molecule has 1 amide bonds. The molecule has 0 aliphatic carbocycles. The van der Waals surface area contributed by atoms with E-state index in [-0.39, 0.29) is 22.3 Å². The van der Waals surface area contributed by atoms with E-state index in [2.05, 4.69) is 25.8 Å². The first-order valence-corrected chi connectivity index (χ1v) is 11.1. The summed E-state index contributed by atoms with van der Waals surface area (Å²) >= 11 is 0. The van der Waals surface area contributed by atoms with Crippen LogP contribution in [0.25, 0.3) is 5.76 Å². The Morgan fingerprint density at radius 2 is 1.63 bits per heavy atom. The van der Waals surface area contributed by atoms with Crippen molar-refractivity contribution in [2.24, 2.45) is 0 Å². The fourth-order valence-electron chi connectivity index (χ4n) is 4.15. The highest BCUT2D eigenvalue weighted by atomic mass is 16.5. The molecule has 0 spiro atoms. The number of rotatable bonds is 4. The molecule has 7 heteroatoms. The van der Waals surface area contributed by atoms with E-state index in [1.54, 1.807) is 30.3 Å². The summed E-state index contributed by atoms with van der Waals surface area (Å²) in [6.07, 6.45) is 3.00. The van der Waals surface area contributed by atoms with Crippen LogP contribution in [0.4, 0.5) is 5.69 Å². The van der Waals surface area contributed by atoms with Crippen molar-refractivity contribution in [1.82, 2.24) is 4.98 Å². The van der Waals surface area contributed by atoms with Gasteiger partial charge in [0.25, 0.3) is 11.7 Å². The highest BCUT2D eigenvalue weighted by Crippen LogP contribution is 2.42. The van der Waals surface area contributed by atoms with E-state index < -0.39 is 23.7 Å². The Hall–Kier alpha value is -4.26. The van der Waals surface area contributed by atoms with E-state index in [0.717, 1.165) is 5.56 Å². The first kappa shape index (κ1) is 23.9. The van der Waals surface area contributed by atoms with Crippen LogP contribution in [-0.2, 0) is 19.7 Å². The molecule has 1 aromatic heterocycles. The Kier molecular flexibility index (Phi) is 6.26. The molecule has 0 bridgehead atoms. The summed E-state index contributed by atoms with van der Waals surface area (Å²) in [5.74, 6) is -2.46. The molecule has 1 atom stereocenters. The molecule has 3 aromatic rings. The minimum atomic E-state index is -0.898. The molecule has 4 rings (SSSR count). The molecule has 2 heterocycles. The van der Waals surface area contributed by atoms with Gasteiger partial charge in [0.2, 0.25) is 0 Å². The number of carbonyl (C=O) groups is 3. The highest BCUT2D eigenvalue weighted by Gasteiger charge is 2.47. The average Bonchev–Trinajstić information content (AvgIpc) is 3.13. The van der Waals surface area contributed by atoms with Crippen molar-refractivity contribution in [3.8, 4) is 0 Å². The number of pyridine rings is 1. The third-order valence-corrected chi connectivity index (χ3v) is 6.04. The number of ketones is 1. The molecule has 1 saturated heterocycles. The largest absolute Gasteiger partial charge is 0.507 e. The molecule has 1 fully saturated rings. The quantitative estimate of drug-likeness (QED) is 0.255. The van der Waals surface area contributed by atoms with Gasteiger partial charge in [-0.3, -0.25) is 19.5 Å². The maximum atomic E-state index is 13.3. The second kappa shape index (κ2) is 9.18. The summed E-state index contributed by atoms with van der Waals surface area (Å²) in [6, 6.07) is 16.2. The number of aliphatic hydroxyl groups is 1. The normalized spacial score (nSPS) is 17.5. The van der Waals surface area contributed by atoms with Crippen LogP contribution in [0.3, 0.4) is 0 Å². The number of benzene rings is 2. The standard InChI is InChI=1S/C28H26N2O5/c1-28(2,3)20-10-8-17(9-11-20)23-22(24(31)18-12-14-29-15-13-18)25(32)26(33)30(23)21-7-5-6-19(16-21)27(34)35-4/h5-16,23,31H,1-4H3/b24-22+. The molecular formula is C28H26N2O5. The van der Waals surface area contributed by atoms with Crippen LogP contribution in [0.15, 0.2) is 78.6 Å². The smallest absolute Gasteiger partial charge is 0.337 e. The van der Waals surface area contributed by atoms with Crippen LogP contribution in [0.1, 0.15) is 53.9 Å². The first-order chi connectivity index (χ1) is 16.6. The zero-order chi connectivity index (χ0) is 25.3. The van der Waals surface area contributed by atoms with E-state index in [1.165, 1.54) is 30.5 Å². The molecule has 0 radical (unpaired) electrons. The van der Waals surface area contributed by atoms with Gasteiger partial charge in [0.05, 0.1) is 24.3 Å². The van der Waals surface area contributed by atoms with Crippen molar-refractivity contribution >= 4 is 29.1 Å². The molecular weight excluding hydrogens is 444 g/mol. The van der Waals surface area contributed by atoms with Gasteiger partial charge in [-0.05, 0) is 46.9 Å². The summed E-state index contributed by atoms with van der Waals surface area (Å²) in [5, 5.41) is 11.1. The number of methoxy groups -OCH3 is 1. The summed E-state index contributed by atoms with van der Waals surface area (Å²) < 4.78 is 4.81. The van der Waals surface area contributed by atoms with Crippen molar-refractivity contribution in [2.45, 2.75) is 32.2 Å². The lowest BCUT2D eigenvalue weighted by Gasteiger charge is -2.27. The van der Waals surface area contributed by atoms with E-state index >= 15 is 0 Å². The zero-order valence-electron chi connectivity index (χ0n) is 20.0. The number of hydrogen-bond donors (Lipinski definition) is 1. The summed E-state index contributed by atoms with van der Waals surface area (Å²) in [6.45, 7) is 6.28. The number of nitrogens with zero attached hydrogens (tertiary/aromatic N) is 2. The van der Waals surface area contributed by atoms with Crippen LogP contribution in [0.5, 0.6) is 0 Å². The van der Waals surface area contributed by atoms with Gasteiger partial charge in [0, 0.05) is 23.6 Å². The van der Waals surface area contributed by atoms with Gasteiger partial charge in [-0.15, -0.1) is 0 Å². The number of anilines is 1.